The normalized spacial score (nSPS) is 11.0. The second kappa shape index (κ2) is 6.99. The number of para-hydroxylation sites is 1. The largest absolute Gasteiger partial charge is 0.459 e. The predicted octanol–water partition coefficient (Wildman–Crippen LogP) is 4.05. The number of carbonyl (C=O) groups is 1. The first-order valence-electron chi connectivity index (χ1n) is 8.00. The van der Waals surface area contributed by atoms with Gasteiger partial charge in [-0.2, -0.15) is 0 Å². The van der Waals surface area contributed by atoms with Crippen molar-refractivity contribution in [1.82, 2.24) is 10.3 Å². The Labute approximate surface area is 151 Å². The third kappa shape index (κ3) is 3.55. The zero-order valence-electron chi connectivity index (χ0n) is 13.8. The van der Waals surface area contributed by atoms with Crippen LogP contribution >= 0.6 is 0 Å². The zero-order valence-corrected chi connectivity index (χ0v) is 13.8. The number of benzene rings is 2. The molecule has 0 aliphatic rings. The monoisotopic (exact) mass is 370 g/mol. The molecule has 0 bridgehead atoms. The fourth-order valence-corrected chi connectivity index (χ4v) is 2.60. The number of hydrogen-bond acceptors (Lipinski definition) is 6. The molecule has 4 aromatic rings. The van der Waals surface area contributed by atoms with Crippen LogP contribution in [0, 0.1) is 11.6 Å². The first-order valence-corrected chi connectivity index (χ1v) is 8.00. The SMILES string of the molecule is O=C(Cc1noc2ccccc12)OCc1cc(-c2ccc(F)cc2F)on1. The Hall–Kier alpha value is -3.55. The molecule has 4 rings (SSSR count). The molecule has 136 valence electrons. The van der Waals surface area contributed by atoms with E-state index in [1.807, 2.05) is 12.1 Å². The van der Waals surface area contributed by atoms with E-state index in [2.05, 4.69) is 10.3 Å². The fraction of sp³-hybridized carbons (Fsp3) is 0.105. The number of halogens is 2. The Bertz CT molecular complexity index is 1120. The molecule has 0 radical (unpaired) electrons. The summed E-state index contributed by atoms with van der Waals surface area (Å²) in [6.07, 6.45) is -0.0612. The van der Waals surface area contributed by atoms with Gasteiger partial charge in [0.15, 0.2) is 11.3 Å². The van der Waals surface area contributed by atoms with Gasteiger partial charge in [0.25, 0.3) is 0 Å². The molecule has 0 spiro atoms. The highest BCUT2D eigenvalue weighted by atomic mass is 19.1. The quantitative estimate of drug-likeness (QED) is 0.493. The number of aromatic nitrogens is 2. The average molecular weight is 370 g/mol. The molecule has 0 atom stereocenters. The van der Waals surface area contributed by atoms with Crippen LogP contribution in [0.25, 0.3) is 22.3 Å². The number of esters is 1. The van der Waals surface area contributed by atoms with Crippen molar-refractivity contribution >= 4 is 16.9 Å². The molecular weight excluding hydrogens is 358 g/mol. The van der Waals surface area contributed by atoms with E-state index in [1.165, 1.54) is 12.1 Å². The van der Waals surface area contributed by atoms with Crippen molar-refractivity contribution in [2.45, 2.75) is 13.0 Å². The van der Waals surface area contributed by atoms with Gasteiger partial charge >= 0.3 is 5.97 Å². The molecule has 0 unspecified atom stereocenters. The van der Waals surface area contributed by atoms with Gasteiger partial charge in [-0.05, 0) is 24.3 Å². The van der Waals surface area contributed by atoms with Crippen LogP contribution in [0.1, 0.15) is 11.4 Å². The lowest BCUT2D eigenvalue weighted by molar-refractivity contribution is -0.144. The van der Waals surface area contributed by atoms with Crippen LogP contribution in [0.2, 0.25) is 0 Å². The van der Waals surface area contributed by atoms with Gasteiger partial charge in [0.1, 0.15) is 29.6 Å². The van der Waals surface area contributed by atoms with Crippen molar-refractivity contribution in [3.63, 3.8) is 0 Å². The van der Waals surface area contributed by atoms with Crippen molar-refractivity contribution in [1.29, 1.82) is 0 Å². The van der Waals surface area contributed by atoms with Crippen LogP contribution in [0.15, 0.2) is 57.6 Å². The first-order chi connectivity index (χ1) is 13.1. The summed E-state index contributed by atoms with van der Waals surface area (Å²) in [6.45, 7) is -0.152. The molecule has 0 fully saturated rings. The number of rotatable bonds is 5. The molecule has 8 heteroatoms. The van der Waals surface area contributed by atoms with Gasteiger partial charge in [0.2, 0.25) is 0 Å². The van der Waals surface area contributed by atoms with Gasteiger partial charge in [-0.1, -0.05) is 22.4 Å². The van der Waals surface area contributed by atoms with Crippen LogP contribution in [-0.2, 0) is 22.6 Å². The minimum Gasteiger partial charge on any atom is -0.459 e. The van der Waals surface area contributed by atoms with E-state index in [0.717, 1.165) is 17.5 Å². The summed E-state index contributed by atoms with van der Waals surface area (Å²) < 4.78 is 42.1. The lowest BCUT2D eigenvalue weighted by Gasteiger charge is -2.00. The van der Waals surface area contributed by atoms with E-state index in [0.29, 0.717) is 17.0 Å². The van der Waals surface area contributed by atoms with Crippen LogP contribution < -0.4 is 0 Å². The number of carbonyl (C=O) groups excluding carboxylic acids is 1. The molecular formula is C19H12F2N2O4. The molecule has 2 heterocycles. The summed E-state index contributed by atoms with van der Waals surface area (Å²) >= 11 is 0. The van der Waals surface area contributed by atoms with Gasteiger partial charge in [0.05, 0.1) is 12.0 Å². The lowest BCUT2D eigenvalue weighted by Crippen LogP contribution is -2.08. The predicted molar refractivity (Wildman–Crippen MR) is 89.4 cm³/mol. The highest BCUT2D eigenvalue weighted by Gasteiger charge is 2.16. The Morgan fingerprint density at radius 3 is 2.74 bits per heavy atom. The van der Waals surface area contributed by atoms with Crippen molar-refractivity contribution in [2.75, 3.05) is 0 Å². The van der Waals surface area contributed by atoms with Crippen molar-refractivity contribution in [2.24, 2.45) is 0 Å². The summed E-state index contributed by atoms with van der Waals surface area (Å²) in [4.78, 5) is 12.0. The number of fused-ring (bicyclic) bond motifs is 1. The topological polar surface area (TPSA) is 78.4 Å². The number of hydrogen-bond donors (Lipinski definition) is 0. The maximum absolute atomic E-state index is 13.8. The maximum Gasteiger partial charge on any atom is 0.312 e. The van der Waals surface area contributed by atoms with E-state index in [-0.39, 0.29) is 24.4 Å². The second-order valence-electron chi connectivity index (χ2n) is 5.77. The van der Waals surface area contributed by atoms with E-state index in [9.17, 15) is 13.6 Å². The molecule has 6 nitrogen and oxygen atoms in total. The van der Waals surface area contributed by atoms with Crippen LogP contribution in [0.3, 0.4) is 0 Å². The summed E-state index contributed by atoms with van der Waals surface area (Å²) in [6, 6.07) is 11.7. The minimum atomic E-state index is -0.771. The van der Waals surface area contributed by atoms with Crippen LogP contribution in [0.4, 0.5) is 8.78 Å². The summed E-state index contributed by atoms with van der Waals surface area (Å²) in [7, 11) is 0. The molecule has 27 heavy (non-hydrogen) atoms. The highest BCUT2D eigenvalue weighted by Crippen LogP contribution is 2.24. The van der Waals surface area contributed by atoms with E-state index >= 15 is 0 Å². The van der Waals surface area contributed by atoms with Crippen molar-refractivity contribution < 1.29 is 27.4 Å². The molecule has 0 aliphatic carbocycles. The third-order valence-electron chi connectivity index (χ3n) is 3.90. The van der Waals surface area contributed by atoms with E-state index < -0.39 is 17.6 Å². The average Bonchev–Trinajstić information content (AvgIpc) is 3.28. The molecule has 0 saturated carbocycles. The highest BCUT2D eigenvalue weighted by molar-refractivity contribution is 5.84. The second-order valence-corrected chi connectivity index (χ2v) is 5.77. The Morgan fingerprint density at radius 2 is 1.89 bits per heavy atom. The van der Waals surface area contributed by atoms with Crippen LogP contribution in [-0.4, -0.2) is 16.3 Å². The molecule has 0 amide bonds. The van der Waals surface area contributed by atoms with Crippen molar-refractivity contribution in [3.05, 3.63) is 71.6 Å². The molecule has 2 aromatic carbocycles. The molecule has 0 saturated heterocycles. The summed E-state index contributed by atoms with van der Waals surface area (Å²) in [5.74, 6) is -1.87. The third-order valence-corrected chi connectivity index (χ3v) is 3.90. The van der Waals surface area contributed by atoms with Gasteiger partial charge < -0.3 is 13.8 Å². The lowest BCUT2D eigenvalue weighted by atomic mass is 10.1. The standard InChI is InChI=1S/C19H12F2N2O4/c20-11-5-6-13(15(21)7-11)18-8-12(22-27-18)10-25-19(24)9-16-14-3-1-2-4-17(14)26-23-16/h1-8H,9-10H2. The van der Waals surface area contributed by atoms with Gasteiger partial charge in [-0.15, -0.1) is 0 Å². The minimum absolute atomic E-state index is 0.0612. The molecule has 0 N–H and O–H groups in total. The number of nitrogens with zero attached hydrogens (tertiary/aromatic N) is 2. The Kier molecular flexibility index (Phi) is 4.37. The van der Waals surface area contributed by atoms with E-state index in [1.54, 1.807) is 12.1 Å². The maximum atomic E-state index is 13.8. The number of ether oxygens (including phenoxy) is 1. The Balaban J connectivity index is 1.40. The Morgan fingerprint density at radius 1 is 1.04 bits per heavy atom. The fourth-order valence-electron chi connectivity index (χ4n) is 2.60. The van der Waals surface area contributed by atoms with E-state index in [4.69, 9.17) is 13.8 Å². The molecule has 0 aliphatic heterocycles. The van der Waals surface area contributed by atoms with Gasteiger partial charge in [0, 0.05) is 17.5 Å². The smallest absolute Gasteiger partial charge is 0.312 e. The van der Waals surface area contributed by atoms with Crippen LogP contribution in [0.5, 0.6) is 0 Å². The molecule has 2 aromatic heterocycles. The first kappa shape index (κ1) is 16.9. The van der Waals surface area contributed by atoms with Gasteiger partial charge in [-0.25, -0.2) is 8.78 Å². The van der Waals surface area contributed by atoms with Gasteiger partial charge in [-0.3, -0.25) is 4.79 Å². The summed E-state index contributed by atoms with van der Waals surface area (Å²) in [5, 5.41) is 8.34. The van der Waals surface area contributed by atoms with Crippen molar-refractivity contribution in [3.8, 4) is 11.3 Å². The summed E-state index contributed by atoms with van der Waals surface area (Å²) in [5.41, 5.74) is 1.43. The zero-order chi connectivity index (χ0) is 18.8.